The number of aromatic nitrogens is 2. The molecule has 36 heavy (non-hydrogen) atoms. The molecule has 0 aliphatic carbocycles. The number of ether oxygens (including phenoxy) is 1. The van der Waals surface area contributed by atoms with Gasteiger partial charge in [0.2, 0.25) is 0 Å². The van der Waals surface area contributed by atoms with E-state index in [1.807, 2.05) is 70.2 Å². The lowest BCUT2D eigenvalue weighted by Crippen LogP contribution is -2.62. The van der Waals surface area contributed by atoms with E-state index >= 15 is 0 Å². The van der Waals surface area contributed by atoms with Crippen LogP contribution in [0.15, 0.2) is 79.3 Å². The quantitative estimate of drug-likeness (QED) is 0.369. The van der Waals surface area contributed by atoms with Crippen LogP contribution >= 0.6 is 11.6 Å². The van der Waals surface area contributed by atoms with Gasteiger partial charge in [-0.3, -0.25) is 4.90 Å². The fourth-order valence-corrected chi connectivity index (χ4v) is 5.34. The number of piperidine rings is 1. The van der Waals surface area contributed by atoms with Gasteiger partial charge in [-0.05, 0) is 80.0 Å². The maximum atomic E-state index is 12.7. The van der Waals surface area contributed by atoms with Gasteiger partial charge in [-0.2, -0.15) is 0 Å². The van der Waals surface area contributed by atoms with Crippen LogP contribution in [0.25, 0.3) is 5.65 Å². The average Bonchev–Trinajstić information content (AvgIpc) is 3.33. The number of imidazole rings is 1. The number of halogens is 1. The average molecular weight is 502 g/mol. The third-order valence-corrected chi connectivity index (χ3v) is 7.50. The van der Waals surface area contributed by atoms with Gasteiger partial charge in [0, 0.05) is 48.7 Å². The highest BCUT2D eigenvalue weighted by Gasteiger charge is 2.46. The van der Waals surface area contributed by atoms with E-state index in [1.165, 1.54) is 5.56 Å². The molecule has 1 N–H and O–H groups in total. The smallest absolute Gasteiger partial charge is 0.321 e. The molecule has 2 fully saturated rings. The molecule has 1 spiro atoms. The number of carbonyl (C=O) groups excluding carboxylic acids is 1. The van der Waals surface area contributed by atoms with Crippen molar-refractivity contribution in [2.24, 2.45) is 5.41 Å². The van der Waals surface area contributed by atoms with Gasteiger partial charge in [-0.1, -0.05) is 23.7 Å². The molecule has 4 heterocycles. The molecule has 0 radical (unpaired) electrons. The topological polar surface area (TPSA) is 62.1 Å². The molecule has 2 saturated heterocycles. The highest BCUT2D eigenvalue weighted by molar-refractivity contribution is 6.30. The molecule has 2 aliphatic rings. The van der Waals surface area contributed by atoms with Crippen LogP contribution in [0.2, 0.25) is 5.02 Å². The van der Waals surface area contributed by atoms with Crippen molar-refractivity contribution < 1.29 is 9.53 Å². The van der Waals surface area contributed by atoms with Crippen LogP contribution in [0.5, 0.6) is 11.5 Å². The van der Waals surface area contributed by atoms with Crippen LogP contribution in [-0.4, -0.2) is 51.4 Å². The number of likely N-dealkylation sites (tertiary alicyclic amines) is 2. The summed E-state index contributed by atoms with van der Waals surface area (Å²) in [6.45, 7) is 4.62. The second-order valence-electron chi connectivity index (χ2n) is 9.88. The summed E-state index contributed by atoms with van der Waals surface area (Å²) in [4.78, 5) is 21.4. The van der Waals surface area contributed by atoms with Gasteiger partial charge >= 0.3 is 6.03 Å². The van der Waals surface area contributed by atoms with Crippen molar-refractivity contribution in [3.63, 3.8) is 0 Å². The first-order chi connectivity index (χ1) is 17.5. The fourth-order valence-electron chi connectivity index (χ4n) is 5.21. The van der Waals surface area contributed by atoms with Crippen molar-refractivity contribution in [3.8, 4) is 11.5 Å². The van der Waals surface area contributed by atoms with Crippen LogP contribution in [0, 0.1) is 5.41 Å². The molecule has 0 atom stereocenters. The maximum Gasteiger partial charge on any atom is 0.321 e. The summed E-state index contributed by atoms with van der Waals surface area (Å²) in [5.74, 6) is 1.61. The van der Waals surface area contributed by atoms with E-state index in [1.54, 1.807) is 6.20 Å². The lowest BCUT2D eigenvalue weighted by atomic mass is 9.72. The van der Waals surface area contributed by atoms with Gasteiger partial charge in [0.05, 0.1) is 5.69 Å². The number of amides is 2. The van der Waals surface area contributed by atoms with Gasteiger partial charge in [0.25, 0.3) is 0 Å². The molecule has 6 rings (SSSR count). The highest BCUT2D eigenvalue weighted by Crippen LogP contribution is 2.41. The Hall–Kier alpha value is -3.55. The molecule has 2 aromatic carbocycles. The first-order valence-corrected chi connectivity index (χ1v) is 12.6. The third kappa shape index (κ3) is 4.90. The Morgan fingerprint density at radius 3 is 2.64 bits per heavy atom. The standard InChI is InChI=1S/C28H28ClN5O2/c29-22-4-7-24(8-5-22)36-25-3-1-2-21(16-25)17-32-13-10-28(11-14-32)19-34(20-28)27(35)31-23-6-9-26-30-12-15-33(26)18-23/h1-9,12,15-16,18H,10-11,13-14,17,19-20H2,(H,31,35). The summed E-state index contributed by atoms with van der Waals surface area (Å²) < 4.78 is 7.90. The lowest BCUT2D eigenvalue weighted by molar-refractivity contribution is -0.0200. The lowest BCUT2D eigenvalue weighted by Gasteiger charge is -2.53. The molecule has 0 saturated carbocycles. The number of benzene rings is 2. The van der Waals surface area contributed by atoms with Gasteiger partial charge in [-0.15, -0.1) is 0 Å². The number of hydrogen-bond acceptors (Lipinski definition) is 4. The molecule has 2 aromatic heterocycles. The van der Waals surface area contributed by atoms with E-state index in [4.69, 9.17) is 16.3 Å². The molecule has 0 unspecified atom stereocenters. The molecular weight excluding hydrogens is 474 g/mol. The largest absolute Gasteiger partial charge is 0.457 e. The number of pyridine rings is 1. The number of nitrogens with one attached hydrogen (secondary N) is 1. The Bertz CT molecular complexity index is 1370. The van der Waals surface area contributed by atoms with Crippen molar-refractivity contribution in [2.45, 2.75) is 19.4 Å². The molecule has 8 heteroatoms. The number of rotatable bonds is 5. The maximum absolute atomic E-state index is 12.7. The first-order valence-electron chi connectivity index (χ1n) is 12.3. The van der Waals surface area contributed by atoms with Gasteiger partial charge in [-0.25, -0.2) is 9.78 Å². The summed E-state index contributed by atoms with van der Waals surface area (Å²) >= 11 is 5.97. The molecule has 4 aromatic rings. The monoisotopic (exact) mass is 501 g/mol. The van der Waals surface area contributed by atoms with Crippen LogP contribution in [0.4, 0.5) is 10.5 Å². The highest BCUT2D eigenvalue weighted by atomic mass is 35.5. The number of urea groups is 1. The Morgan fingerprint density at radius 1 is 1.03 bits per heavy atom. The molecule has 7 nitrogen and oxygen atoms in total. The number of fused-ring (bicyclic) bond motifs is 1. The number of hydrogen-bond donors (Lipinski definition) is 1. The minimum Gasteiger partial charge on any atom is -0.457 e. The summed E-state index contributed by atoms with van der Waals surface area (Å²) in [6, 6.07) is 19.5. The van der Waals surface area contributed by atoms with Crippen molar-refractivity contribution in [1.82, 2.24) is 19.2 Å². The van der Waals surface area contributed by atoms with Gasteiger partial charge in [0.1, 0.15) is 17.1 Å². The minimum absolute atomic E-state index is 0.0278. The van der Waals surface area contributed by atoms with Gasteiger partial charge < -0.3 is 19.4 Å². The van der Waals surface area contributed by atoms with Gasteiger partial charge in [0.15, 0.2) is 0 Å². The zero-order chi connectivity index (χ0) is 24.5. The molecule has 184 valence electrons. The van der Waals surface area contributed by atoms with Crippen molar-refractivity contribution in [3.05, 3.63) is 89.8 Å². The van der Waals surface area contributed by atoms with Crippen molar-refractivity contribution in [1.29, 1.82) is 0 Å². The van der Waals surface area contributed by atoms with Crippen LogP contribution in [-0.2, 0) is 6.54 Å². The summed E-state index contributed by atoms with van der Waals surface area (Å²) in [5, 5.41) is 3.72. The predicted molar refractivity (Wildman–Crippen MR) is 141 cm³/mol. The zero-order valence-electron chi connectivity index (χ0n) is 19.9. The molecular formula is C28H28ClN5O2. The second kappa shape index (κ2) is 9.48. The molecule has 0 bridgehead atoms. The van der Waals surface area contributed by atoms with Crippen LogP contribution < -0.4 is 10.1 Å². The SMILES string of the molecule is O=C(Nc1ccc2nccn2c1)N1CC2(CCN(Cc3cccc(Oc4ccc(Cl)cc4)c3)CC2)C1. The Labute approximate surface area is 215 Å². The van der Waals surface area contributed by atoms with E-state index < -0.39 is 0 Å². The van der Waals surface area contributed by atoms with Crippen molar-refractivity contribution in [2.75, 3.05) is 31.5 Å². The van der Waals surface area contributed by atoms with E-state index in [2.05, 4.69) is 27.3 Å². The van der Waals surface area contributed by atoms with E-state index in [0.717, 1.165) is 68.4 Å². The molecule has 2 aliphatic heterocycles. The zero-order valence-corrected chi connectivity index (χ0v) is 20.7. The Morgan fingerprint density at radius 2 is 1.83 bits per heavy atom. The number of anilines is 1. The van der Waals surface area contributed by atoms with E-state index in [0.29, 0.717) is 5.02 Å². The Balaban J connectivity index is 0.985. The summed E-state index contributed by atoms with van der Waals surface area (Å²) in [6.07, 6.45) is 7.74. The second-order valence-corrected chi connectivity index (χ2v) is 10.3. The third-order valence-electron chi connectivity index (χ3n) is 7.25. The number of carbonyl (C=O) groups is 1. The fraction of sp³-hybridized carbons (Fsp3) is 0.286. The number of nitrogens with zero attached hydrogens (tertiary/aromatic N) is 4. The molecule has 2 amide bonds. The summed E-state index contributed by atoms with van der Waals surface area (Å²) in [5.41, 5.74) is 3.13. The minimum atomic E-state index is -0.0278. The van der Waals surface area contributed by atoms with Crippen molar-refractivity contribution >= 4 is 29.0 Å². The first kappa shape index (κ1) is 22.9. The predicted octanol–water partition coefficient (Wildman–Crippen LogP) is 5.91. The van der Waals surface area contributed by atoms with E-state index in [-0.39, 0.29) is 11.4 Å². The summed E-state index contributed by atoms with van der Waals surface area (Å²) in [7, 11) is 0. The van der Waals surface area contributed by atoms with Crippen LogP contribution in [0.1, 0.15) is 18.4 Å². The van der Waals surface area contributed by atoms with Crippen LogP contribution in [0.3, 0.4) is 0 Å². The van der Waals surface area contributed by atoms with E-state index in [9.17, 15) is 4.79 Å². The normalized spacial score (nSPS) is 17.2. The Kier molecular flexibility index (Phi) is 6.03.